The Morgan fingerprint density at radius 3 is 2.24 bits per heavy atom. The summed E-state index contributed by atoms with van der Waals surface area (Å²) in [5.74, 6) is -5.78. The van der Waals surface area contributed by atoms with E-state index in [2.05, 4.69) is 38.9 Å². The summed E-state index contributed by atoms with van der Waals surface area (Å²) in [5.41, 5.74) is 11.2. The van der Waals surface area contributed by atoms with Crippen LogP contribution in [-0.4, -0.2) is 107 Å². The number of hydrogen-bond donors (Lipinski definition) is 9. The van der Waals surface area contributed by atoms with Crippen LogP contribution in [0.4, 0.5) is 0 Å². The van der Waals surface area contributed by atoms with Gasteiger partial charge in [-0.2, -0.15) is 12.6 Å². The fraction of sp³-hybridized carbons (Fsp3) is 0.480. The Balaban J connectivity index is 2.46. The van der Waals surface area contributed by atoms with Gasteiger partial charge in [0.25, 0.3) is 0 Å². The fourth-order valence-corrected chi connectivity index (χ4v) is 4.49. The zero-order valence-electron chi connectivity index (χ0n) is 22.9. The standard InChI is InChI=1S/C25H36N8O8S/c1-33-18(12-42)23(40)31-15(3-2-8-28-25(26)27)21(38)29-11-19(35)30-16(10-20(36)37)22(39)32-17(24(33)41)9-13-4-6-14(34)7-5-13/h4-7,15-18,34,42H,2-3,8-12H2,1H3,(H,29,38)(H,30,35)(H,31,40)(H,32,39)(H,36,37)(H4,26,27,28)/t15-,16-,17+,18-/m0/s1. The minimum Gasteiger partial charge on any atom is -0.508 e. The van der Waals surface area contributed by atoms with E-state index in [1.807, 2.05) is 0 Å². The molecule has 17 heteroatoms. The maximum Gasteiger partial charge on any atom is 0.305 e. The number of rotatable bonds is 9. The van der Waals surface area contributed by atoms with E-state index in [1.165, 1.54) is 31.3 Å². The van der Waals surface area contributed by atoms with E-state index in [0.717, 1.165) is 4.90 Å². The Labute approximate surface area is 247 Å². The summed E-state index contributed by atoms with van der Waals surface area (Å²) >= 11 is 4.22. The van der Waals surface area contributed by atoms with E-state index in [9.17, 15) is 39.0 Å². The number of nitrogens with two attached hydrogens (primary N) is 2. The first-order valence-corrected chi connectivity index (χ1v) is 13.6. The van der Waals surface area contributed by atoms with Gasteiger partial charge in [-0.25, -0.2) is 0 Å². The molecule has 1 aliphatic rings. The van der Waals surface area contributed by atoms with E-state index >= 15 is 0 Å². The van der Waals surface area contributed by atoms with Gasteiger partial charge in [-0.3, -0.25) is 33.8 Å². The van der Waals surface area contributed by atoms with Gasteiger partial charge in [0.2, 0.25) is 29.5 Å². The number of carbonyl (C=O) groups excluding carboxylic acids is 5. The number of benzene rings is 1. The molecule has 4 atom stereocenters. The van der Waals surface area contributed by atoms with E-state index in [-0.39, 0.29) is 43.3 Å². The van der Waals surface area contributed by atoms with Crippen molar-refractivity contribution >= 4 is 54.1 Å². The van der Waals surface area contributed by atoms with Crippen molar-refractivity contribution in [3.63, 3.8) is 0 Å². The molecule has 0 saturated carbocycles. The highest BCUT2D eigenvalue weighted by Gasteiger charge is 2.35. The number of carboxylic acids is 1. The zero-order valence-corrected chi connectivity index (χ0v) is 23.8. The maximum absolute atomic E-state index is 13.7. The molecule has 5 amide bonds. The van der Waals surface area contributed by atoms with Crippen molar-refractivity contribution in [2.75, 3.05) is 25.9 Å². The third-order valence-corrected chi connectivity index (χ3v) is 6.66. The predicted molar refractivity (Wildman–Crippen MR) is 153 cm³/mol. The van der Waals surface area contributed by atoms with Crippen LogP contribution in [0.2, 0.25) is 0 Å². The summed E-state index contributed by atoms with van der Waals surface area (Å²) in [6.07, 6.45) is -0.569. The van der Waals surface area contributed by atoms with Gasteiger partial charge >= 0.3 is 5.97 Å². The number of nitrogens with zero attached hydrogens (tertiary/aromatic N) is 2. The molecule has 0 aromatic heterocycles. The second-order valence-electron chi connectivity index (χ2n) is 9.53. The molecule has 16 nitrogen and oxygen atoms in total. The molecule has 1 heterocycles. The molecule has 0 unspecified atom stereocenters. The van der Waals surface area contributed by atoms with Crippen LogP contribution in [0.1, 0.15) is 24.8 Å². The van der Waals surface area contributed by atoms with Crippen LogP contribution in [0.25, 0.3) is 0 Å². The lowest BCUT2D eigenvalue weighted by Gasteiger charge is -2.31. The molecule has 1 fully saturated rings. The second kappa shape index (κ2) is 16.0. The van der Waals surface area contributed by atoms with Crippen LogP contribution in [-0.2, 0) is 35.2 Å². The van der Waals surface area contributed by atoms with Crippen molar-refractivity contribution in [2.24, 2.45) is 16.5 Å². The number of phenols is 1. The summed E-state index contributed by atoms with van der Waals surface area (Å²) < 4.78 is 0. The third kappa shape index (κ3) is 10.5. The van der Waals surface area contributed by atoms with Crippen molar-refractivity contribution in [2.45, 2.75) is 49.9 Å². The van der Waals surface area contributed by atoms with Crippen LogP contribution in [0.15, 0.2) is 29.3 Å². The van der Waals surface area contributed by atoms with Crippen LogP contribution in [0, 0.1) is 0 Å². The molecule has 42 heavy (non-hydrogen) atoms. The van der Waals surface area contributed by atoms with Gasteiger partial charge in [-0.1, -0.05) is 12.1 Å². The third-order valence-electron chi connectivity index (χ3n) is 6.31. The maximum atomic E-state index is 13.7. The summed E-state index contributed by atoms with van der Waals surface area (Å²) in [5, 5.41) is 28.6. The highest BCUT2D eigenvalue weighted by Crippen LogP contribution is 2.14. The summed E-state index contributed by atoms with van der Waals surface area (Å²) in [6, 6.07) is 0.565. The molecule has 0 bridgehead atoms. The lowest BCUT2D eigenvalue weighted by molar-refractivity contribution is -0.143. The van der Waals surface area contributed by atoms with Gasteiger partial charge in [-0.05, 0) is 30.5 Å². The number of aliphatic imine (C=N–C) groups is 1. The topological polar surface area (TPSA) is 259 Å². The fourth-order valence-electron chi connectivity index (χ4n) is 4.08. The molecule has 1 aromatic rings. The van der Waals surface area contributed by atoms with E-state index in [4.69, 9.17) is 11.5 Å². The zero-order chi connectivity index (χ0) is 31.4. The molecule has 1 aliphatic heterocycles. The lowest BCUT2D eigenvalue weighted by Crippen LogP contribution is -2.59. The first-order valence-electron chi connectivity index (χ1n) is 12.9. The molecule has 2 rings (SSSR count). The van der Waals surface area contributed by atoms with Crippen LogP contribution < -0.4 is 32.7 Å². The molecular formula is C25H36N8O8S. The highest BCUT2D eigenvalue weighted by molar-refractivity contribution is 7.80. The Kier molecular flexibility index (Phi) is 12.9. The summed E-state index contributed by atoms with van der Waals surface area (Å²) in [6.45, 7) is -0.477. The first kappa shape index (κ1) is 33.7. The highest BCUT2D eigenvalue weighted by atomic mass is 32.1. The number of aromatic hydroxyl groups is 1. The first-order chi connectivity index (χ1) is 19.8. The predicted octanol–water partition coefficient (Wildman–Crippen LogP) is -3.20. The number of carboxylic acid groups (broad SMARTS) is 1. The number of aliphatic carboxylic acids is 1. The van der Waals surface area contributed by atoms with Crippen LogP contribution in [0.3, 0.4) is 0 Å². The molecule has 0 spiro atoms. The molecular weight excluding hydrogens is 572 g/mol. The molecule has 0 radical (unpaired) electrons. The number of guanidine groups is 1. The van der Waals surface area contributed by atoms with E-state index in [0.29, 0.717) is 5.56 Å². The Morgan fingerprint density at radius 2 is 1.64 bits per heavy atom. The van der Waals surface area contributed by atoms with Crippen molar-refractivity contribution < 1.29 is 39.0 Å². The minimum absolute atomic E-state index is 0.0274. The molecule has 1 saturated heterocycles. The smallest absolute Gasteiger partial charge is 0.305 e. The van der Waals surface area contributed by atoms with Crippen molar-refractivity contribution in [1.29, 1.82) is 0 Å². The minimum atomic E-state index is -1.59. The van der Waals surface area contributed by atoms with Gasteiger partial charge < -0.3 is 47.8 Å². The Bertz CT molecular complexity index is 1190. The monoisotopic (exact) mass is 608 g/mol. The van der Waals surface area contributed by atoms with Gasteiger partial charge in [0.05, 0.1) is 13.0 Å². The lowest BCUT2D eigenvalue weighted by atomic mass is 10.0. The van der Waals surface area contributed by atoms with Gasteiger partial charge in [-0.15, -0.1) is 0 Å². The average Bonchev–Trinajstić information content (AvgIpc) is 2.92. The number of hydrogen-bond acceptors (Lipinski definition) is 9. The Morgan fingerprint density at radius 1 is 1.00 bits per heavy atom. The van der Waals surface area contributed by atoms with E-state index < -0.39 is 72.6 Å². The number of thiol groups is 1. The largest absolute Gasteiger partial charge is 0.508 e. The SMILES string of the molecule is CN1C(=O)[C@@H](Cc2ccc(O)cc2)NC(=O)[C@H](CC(=O)O)NC(=O)CNC(=O)[C@H](CCCN=C(N)N)NC(=O)[C@@H]1CS. The van der Waals surface area contributed by atoms with Crippen LogP contribution >= 0.6 is 12.6 Å². The van der Waals surface area contributed by atoms with Crippen molar-refractivity contribution in [1.82, 2.24) is 26.2 Å². The number of nitrogens with one attached hydrogen (secondary N) is 4. The van der Waals surface area contributed by atoms with Crippen molar-refractivity contribution in [3.05, 3.63) is 29.8 Å². The molecule has 0 aliphatic carbocycles. The number of carbonyl (C=O) groups is 6. The summed E-state index contributed by atoms with van der Waals surface area (Å²) in [4.78, 5) is 82.0. The average molecular weight is 609 g/mol. The Hall–Kier alpha value is -4.54. The number of phenolic OH excluding ortho intramolecular Hbond substituents is 1. The second-order valence-corrected chi connectivity index (χ2v) is 9.89. The molecule has 1 aromatic carbocycles. The van der Waals surface area contributed by atoms with E-state index in [1.54, 1.807) is 0 Å². The quantitative estimate of drug-likeness (QED) is 0.0587. The normalized spacial score (nSPS) is 22.5. The number of likely N-dealkylation sites (N-methyl/N-ethyl adjacent to an activating group) is 1. The van der Waals surface area contributed by atoms with Gasteiger partial charge in [0.1, 0.15) is 29.9 Å². The summed E-state index contributed by atoms with van der Waals surface area (Å²) in [7, 11) is 1.32. The van der Waals surface area contributed by atoms with Gasteiger partial charge in [0, 0.05) is 25.8 Å². The molecule has 230 valence electrons. The number of amides is 5. The molecule has 10 N–H and O–H groups in total. The van der Waals surface area contributed by atoms with Crippen molar-refractivity contribution in [3.8, 4) is 5.75 Å². The van der Waals surface area contributed by atoms with Crippen LogP contribution in [0.5, 0.6) is 5.75 Å². The van der Waals surface area contributed by atoms with Gasteiger partial charge in [0.15, 0.2) is 5.96 Å².